The molecule has 140 valence electrons. The molecule has 0 radical (unpaired) electrons. The zero-order valence-corrected chi connectivity index (χ0v) is 15.4. The van der Waals surface area contributed by atoms with Crippen LogP contribution in [0.4, 0.5) is 0 Å². The maximum Gasteiger partial charge on any atom is 0.269 e. The quantitative estimate of drug-likeness (QED) is 0.538. The van der Waals surface area contributed by atoms with Crippen LogP contribution in [-0.2, 0) is 17.9 Å². The van der Waals surface area contributed by atoms with Crippen LogP contribution in [0.25, 0.3) is 16.7 Å². The molecule has 0 aliphatic rings. The van der Waals surface area contributed by atoms with Crippen LogP contribution in [0.2, 0.25) is 0 Å². The molecule has 0 unspecified atom stereocenters. The predicted molar refractivity (Wildman–Crippen MR) is 106 cm³/mol. The lowest BCUT2D eigenvalue weighted by Crippen LogP contribution is -2.33. The third-order valence-corrected chi connectivity index (χ3v) is 4.55. The molecular formula is C21H19N5O2. The monoisotopic (exact) mass is 373 g/mol. The highest BCUT2D eigenvalue weighted by atomic mass is 16.2. The second kappa shape index (κ2) is 7.48. The number of aromatic nitrogens is 4. The molecule has 0 saturated carbocycles. The maximum absolute atomic E-state index is 12.7. The first kappa shape index (κ1) is 17.7. The molecule has 1 amide bonds. The summed E-state index contributed by atoms with van der Waals surface area (Å²) < 4.78 is 3.23. The smallest absolute Gasteiger partial charge is 0.269 e. The predicted octanol–water partition coefficient (Wildman–Crippen LogP) is 2.24. The number of fused-ring (bicyclic) bond motifs is 1. The molecule has 0 N–H and O–H groups in total. The third kappa shape index (κ3) is 3.55. The number of para-hydroxylation sites is 3. The van der Waals surface area contributed by atoms with E-state index < -0.39 is 0 Å². The summed E-state index contributed by atoms with van der Waals surface area (Å²) in [5.74, 6) is -0.161. The Hall–Kier alpha value is -3.74. The van der Waals surface area contributed by atoms with Crippen LogP contribution < -0.4 is 5.56 Å². The van der Waals surface area contributed by atoms with Gasteiger partial charge in [-0.3, -0.25) is 14.2 Å². The first-order chi connectivity index (χ1) is 13.6. The summed E-state index contributed by atoms with van der Waals surface area (Å²) in [5, 5.41) is 4.35. The summed E-state index contributed by atoms with van der Waals surface area (Å²) >= 11 is 0. The average Bonchev–Trinajstić information content (AvgIpc) is 3.19. The Morgan fingerprint density at radius 2 is 1.79 bits per heavy atom. The number of carbonyl (C=O) groups excluding carboxylic acids is 1. The molecule has 7 heteroatoms. The highest BCUT2D eigenvalue weighted by Gasteiger charge is 2.14. The molecule has 2 aromatic heterocycles. The Kier molecular flexibility index (Phi) is 4.72. The van der Waals surface area contributed by atoms with Crippen LogP contribution in [0.1, 0.15) is 5.56 Å². The Bertz CT molecular complexity index is 1180. The SMILES string of the molecule is CN(Cc1cnn(-c2ccccc2)c1)C(=O)Cn1c(=O)cnc2ccccc21. The molecular weight excluding hydrogens is 354 g/mol. The molecule has 0 aliphatic heterocycles. The standard InChI is InChI=1S/C21H19N5O2/c1-24(13-16-11-23-26(14-16)17-7-3-2-4-8-17)21(28)15-25-19-10-6-5-9-18(19)22-12-20(25)27/h2-12,14H,13,15H2,1H3. The number of nitrogens with zero attached hydrogens (tertiary/aromatic N) is 5. The van der Waals surface area contributed by atoms with Crippen molar-refractivity contribution in [3.05, 3.63) is 89.1 Å². The van der Waals surface area contributed by atoms with E-state index in [4.69, 9.17) is 0 Å². The van der Waals surface area contributed by atoms with Crippen molar-refractivity contribution in [3.63, 3.8) is 0 Å². The van der Waals surface area contributed by atoms with Crippen molar-refractivity contribution in [2.24, 2.45) is 0 Å². The van der Waals surface area contributed by atoms with Gasteiger partial charge in [0, 0.05) is 25.4 Å². The zero-order valence-electron chi connectivity index (χ0n) is 15.4. The van der Waals surface area contributed by atoms with Gasteiger partial charge in [0.25, 0.3) is 5.56 Å². The molecule has 2 aromatic carbocycles. The van der Waals surface area contributed by atoms with Crippen molar-refractivity contribution in [1.29, 1.82) is 0 Å². The van der Waals surface area contributed by atoms with Gasteiger partial charge in [-0.05, 0) is 24.3 Å². The first-order valence-electron chi connectivity index (χ1n) is 8.89. The van der Waals surface area contributed by atoms with Gasteiger partial charge in [0.1, 0.15) is 6.54 Å². The topological polar surface area (TPSA) is 73.0 Å². The average molecular weight is 373 g/mol. The normalized spacial score (nSPS) is 10.9. The Morgan fingerprint density at radius 3 is 2.61 bits per heavy atom. The second-order valence-electron chi connectivity index (χ2n) is 6.55. The van der Waals surface area contributed by atoms with Crippen LogP contribution in [0.3, 0.4) is 0 Å². The zero-order chi connectivity index (χ0) is 19.5. The van der Waals surface area contributed by atoms with Gasteiger partial charge >= 0.3 is 0 Å². The van der Waals surface area contributed by atoms with Crippen molar-refractivity contribution in [2.75, 3.05) is 7.05 Å². The third-order valence-electron chi connectivity index (χ3n) is 4.55. The summed E-state index contributed by atoms with van der Waals surface area (Å²) in [5.41, 5.74) is 2.90. The van der Waals surface area contributed by atoms with Gasteiger partial charge in [0.05, 0.1) is 29.1 Å². The van der Waals surface area contributed by atoms with Crippen LogP contribution in [0.15, 0.2) is 78.0 Å². The van der Waals surface area contributed by atoms with E-state index in [1.54, 1.807) is 28.9 Å². The van der Waals surface area contributed by atoms with Gasteiger partial charge in [-0.1, -0.05) is 30.3 Å². The molecule has 2 heterocycles. The number of hydrogen-bond donors (Lipinski definition) is 0. The van der Waals surface area contributed by atoms with Gasteiger partial charge in [-0.15, -0.1) is 0 Å². The van der Waals surface area contributed by atoms with E-state index in [9.17, 15) is 9.59 Å². The van der Waals surface area contributed by atoms with E-state index >= 15 is 0 Å². The first-order valence-corrected chi connectivity index (χ1v) is 8.89. The Morgan fingerprint density at radius 1 is 1.04 bits per heavy atom. The molecule has 28 heavy (non-hydrogen) atoms. The minimum absolute atomic E-state index is 0.0365. The Balaban J connectivity index is 1.50. The minimum atomic E-state index is -0.294. The van der Waals surface area contributed by atoms with Crippen molar-refractivity contribution in [3.8, 4) is 5.69 Å². The molecule has 0 aliphatic carbocycles. The fraction of sp³-hybridized carbons (Fsp3) is 0.143. The van der Waals surface area contributed by atoms with Crippen molar-refractivity contribution < 1.29 is 4.79 Å². The van der Waals surface area contributed by atoms with E-state index in [0.717, 1.165) is 11.3 Å². The lowest BCUT2D eigenvalue weighted by Gasteiger charge is -2.17. The number of likely N-dealkylation sites (N-methyl/N-ethyl adjacent to an activating group) is 1. The molecule has 0 bridgehead atoms. The van der Waals surface area contributed by atoms with E-state index in [2.05, 4.69) is 10.1 Å². The summed E-state index contributed by atoms with van der Waals surface area (Å²) in [6.45, 7) is 0.370. The Labute approximate surface area is 161 Å². The molecule has 0 atom stereocenters. The van der Waals surface area contributed by atoms with E-state index in [1.807, 2.05) is 54.7 Å². The van der Waals surface area contributed by atoms with Crippen molar-refractivity contribution >= 4 is 16.9 Å². The number of benzene rings is 2. The van der Waals surface area contributed by atoms with Crippen molar-refractivity contribution in [1.82, 2.24) is 24.2 Å². The lowest BCUT2D eigenvalue weighted by atomic mass is 10.3. The van der Waals surface area contributed by atoms with Gasteiger partial charge in [-0.25, -0.2) is 9.67 Å². The van der Waals surface area contributed by atoms with Crippen LogP contribution in [-0.4, -0.2) is 37.2 Å². The summed E-state index contributed by atoms with van der Waals surface area (Å²) in [6.07, 6.45) is 4.89. The molecule has 0 spiro atoms. The number of amides is 1. The highest BCUT2D eigenvalue weighted by Crippen LogP contribution is 2.11. The van der Waals surface area contributed by atoms with E-state index in [1.165, 1.54) is 10.8 Å². The number of hydrogen-bond acceptors (Lipinski definition) is 4. The molecule has 0 fully saturated rings. The number of carbonyl (C=O) groups is 1. The fourth-order valence-electron chi connectivity index (χ4n) is 3.06. The van der Waals surface area contributed by atoms with Crippen LogP contribution in [0.5, 0.6) is 0 Å². The maximum atomic E-state index is 12.7. The summed E-state index contributed by atoms with van der Waals surface area (Å²) in [7, 11) is 1.72. The van der Waals surface area contributed by atoms with Crippen LogP contribution in [0, 0.1) is 0 Å². The second-order valence-corrected chi connectivity index (χ2v) is 6.55. The van der Waals surface area contributed by atoms with Gasteiger partial charge < -0.3 is 4.90 Å². The van der Waals surface area contributed by atoms with Gasteiger partial charge in [-0.2, -0.15) is 5.10 Å². The molecule has 4 rings (SSSR count). The summed E-state index contributed by atoms with van der Waals surface area (Å²) in [4.78, 5) is 30.6. The molecule has 7 nitrogen and oxygen atoms in total. The minimum Gasteiger partial charge on any atom is -0.340 e. The largest absolute Gasteiger partial charge is 0.340 e. The molecule has 0 saturated heterocycles. The van der Waals surface area contributed by atoms with Crippen LogP contribution >= 0.6 is 0 Å². The van der Waals surface area contributed by atoms with Crippen molar-refractivity contribution in [2.45, 2.75) is 13.1 Å². The van der Waals surface area contributed by atoms with E-state index in [0.29, 0.717) is 17.6 Å². The van der Waals surface area contributed by atoms with Gasteiger partial charge in [0.15, 0.2) is 0 Å². The molecule has 4 aromatic rings. The highest BCUT2D eigenvalue weighted by molar-refractivity contribution is 5.79. The number of rotatable bonds is 5. The van der Waals surface area contributed by atoms with E-state index in [-0.39, 0.29) is 18.0 Å². The fourth-order valence-corrected chi connectivity index (χ4v) is 3.06. The lowest BCUT2D eigenvalue weighted by molar-refractivity contribution is -0.131. The summed E-state index contributed by atoms with van der Waals surface area (Å²) in [6, 6.07) is 17.1. The van der Waals surface area contributed by atoms with Gasteiger partial charge in [0.2, 0.25) is 5.91 Å².